The van der Waals surface area contributed by atoms with Crippen molar-refractivity contribution >= 4 is 22.4 Å². The number of aliphatic hydroxyl groups excluding tert-OH is 1. The molecule has 6 heteroatoms. The molecule has 0 radical (unpaired) electrons. The van der Waals surface area contributed by atoms with E-state index in [0.29, 0.717) is 30.7 Å². The average Bonchev–Trinajstić information content (AvgIpc) is 2.99. The molecule has 0 spiro atoms. The van der Waals surface area contributed by atoms with Crippen molar-refractivity contribution in [3.05, 3.63) is 53.7 Å². The van der Waals surface area contributed by atoms with Crippen LogP contribution in [0.15, 0.2) is 42.6 Å². The number of likely N-dealkylation sites (N-methyl/N-ethyl adjacent to an activating group) is 1. The Balaban J connectivity index is 2.03. The Hall–Kier alpha value is -2.88. The second kappa shape index (κ2) is 8.21. The van der Waals surface area contributed by atoms with Crippen molar-refractivity contribution in [1.82, 2.24) is 9.30 Å². The molecule has 0 bridgehead atoms. The van der Waals surface area contributed by atoms with Gasteiger partial charge in [-0.15, -0.1) is 0 Å². The minimum atomic E-state index is -0.717. The maximum atomic E-state index is 12.7. The van der Waals surface area contributed by atoms with Crippen LogP contribution >= 0.6 is 0 Å². The van der Waals surface area contributed by atoms with Gasteiger partial charge in [0.05, 0.1) is 28.8 Å². The largest absolute Gasteiger partial charge is 0.461 e. The van der Waals surface area contributed by atoms with Gasteiger partial charge in [0, 0.05) is 24.5 Å². The number of aliphatic hydroxyl groups is 1. The highest BCUT2D eigenvalue weighted by Crippen LogP contribution is 2.29. The summed E-state index contributed by atoms with van der Waals surface area (Å²) in [6.45, 7) is 0.979. The van der Waals surface area contributed by atoms with Crippen molar-refractivity contribution in [2.45, 2.75) is 18.9 Å². The zero-order valence-electron chi connectivity index (χ0n) is 15.6. The molecule has 1 atom stereocenters. The molecule has 0 aliphatic carbocycles. The molecule has 0 aliphatic rings. The molecule has 3 rings (SSSR count). The summed E-state index contributed by atoms with van der Waals surface area (Å²) < 4.78 is 7.37. The summed E-state index contributed by atoms with van der Waals surface area (Å²) in [4.78, 5) is 14.7. The number of benzene rings is 1. The minimum absolute atomic E-state index is 0.287. The molecule has 0 aliphatic heterocycles. The molecule has 0 fully saturated rings. The summed E-state index contributed by atoms with van der Waals surface area (Å²) in [7, 11) is 3.85. The fourth-order valence-electron chi connectivity index (χ4n) is 3.13. The molecular formula is C21H23N3O3. The van der Waals surface area contributed by atoms with E-state index in [-0.39, 0.29) is 12.4 Å². The number of rotatable bonds is 7. The summed E-state index contributed by atoms with van der Waals surface area (Å²) in [5, 5.41) is 19.8. The smallest absolute Gasteiger partial charge is 0.341 e. The van der Waals surface area contributed by atoms with Gasteiger partial charge in [-0.1, -0.05) is 24.3 Å². The molecule has 3 aromatic rings. The Bertz CT molecular complexity index is 1000. The van der Waals surface area contributed by atoms with Gasteiger partial charge in [-0.05, 0) is 38.2 Å². The van der Waals surface area contributed by atoms with Crippen LogP contribution in [0.3, 0.4) is 0 Å². The standard InChI is InChI=1S/C21H23N3O3/c1-23(2)12-13-27-21(26)20-16-6-3-4-7-17(16)24-14-15(9-10-18(20)24)19(25)8-5-11-22/h3-4,6-7,9-10,14,19,25H,5,8,12-13H2,1-2H3. The van der Waals surface area contributed by atoms with E-state index < -0.39 is 6.10 Å². The van der Waals surface area contributed by atoms with Crippen molar-refractivity contribution in [1.29, 1.82) is 5.26 Å². The Morgan fingerprint density at radius 1 is 1.26 bits per heavy atom. The van der Waals surface area contributed by atoms with E-state index in [2.05, 4.69) is 6.07 Å². The van der Waals surface area contributed by atoms with Crippen molar-refractivity contribution in [2.75, 3.05) is 27.2 Å². The number of carbonyl (C=O) groups is 1. The first-order valence-electron chi connectivity index (χ1n) is 8.92. The Labute approximate surface area is 158 Å². The third-order valence-electron chi connectivity index (χ3n) is 4.55. The van der Waals surface area contributed by atoms with Crippen LogP contribution in [0.2, 0.25) is 0 Å². The summed E-state index contributed by atoms with van der Waals surface area (Å²) in [5.41, 5.74) is 2.86. The van der Waals surface area contributed by atoms with Crippen LogP contribution in [-0.4, -0.2) is 47.6 Å². The first-order chi connectivity index (χ1) is 13.0. The van der Waals surface area contributed by atoms with Crippen LogP contribution in [0.4, 0.5) is 0 Å². The van der Waals surface area contributed by atoms with Gasteiger partial charge in [-0.3, -0.25) is 0 Å². The number of para-hydroxylation sites is 1. The zero-order chi connectivity index (χ0) is 19.4. The molecule has 0 amide bonds. The highest BCUT2D eigenvalue weighted by molar-refractivity contribution is 6.11. The van der Waals surface area contributed by atoms with Gasteiger partial charge in [0.1, 0.15) is 6.61 Å². The van der Waals surface area contributed by atoms with Crippen LogP contribution in [-0.2, 0) is 4.74 Å². The van der Waals surface area contributed by atoms with Gasteiger partial charge in [0.25, 0.3) is 0 Å². The van der Waals surface area contributed by atoms with E-state index in [9.17, 15) is 9.90 Å². The maximum Gasteiger partial charge on any atom is 0.341 e. The lowest BCUT2D eigenvalue weighted by molar-refractivity contribution is 0.0486. The van der Waals surface area contributed by atoms with Gasteiger partial charge in [-0.2, -0.15) is 5.26 Å². The molecule has 0 saturated heterocycles. The Kier molecular flexibility index (Phi) is 5.75. The molecule has 1 N–H and O–H groups in total. The number of aromatic nitrogens is 1. The number of esters is 1. The van der Waals surface area contributed by atoms with Crippen molar-refractivity contribution in [3.63, 3.8) is 0 Å². The number of nitrogens with zero attached hydrogens (tertiary/aromatic N) is 3. The number of hydrogen-bond donors (Lipinski definition) is 1. The minimum Gasteiger partial charge on any atom is -0.461 e. The summed E-state index contributed by atoms with van der Waals surface area (Å²) >= 11 is 0. The number of ether oxygens (including phenoxy) is 1. The summed E-state index contributed by atoms with van der Waals surface area (Å²) in [5.74, 6) is -0.353. The first kappa shape index (κ1) is 18.9. The van der Waals surface area contributed by atoms with E-state index in [0.717, 1.165) is 16.4 Å². The maximum absolute atomic E-state index is 12.7. The third-order valence-corrected chi connectivity index (χ3v) is 4.55. The first-order valence-corrected chi connectivity index (χ1v) is 8.92. The summed E-state index contributed by atoms with van der Waals surface area (Å²) in [6.07, 6.45) is 1.78. The third kappa shape index (κ3) is 3.95. The predicted octanol–water partition coefficient (Wildman–Crippen LogP) is 3.15. The molecule has 1 aromatic carbocycles. The number of pyridine rings is 1. The quantitative estimate of drug-likeness (QED) is 0.651. The predicted molar refractivity (Wildman–Crippen MR) is 104 cm³/mol. The lowest BCUT2D eigenvalue weighted by Crippen LogP contribution is -2.20. The molecular weight excluding hydrogens is 342 g/mol. The van der Waals surface area contributed by atoms with Gasteiger partial charge in [0.2, 0.25) is 0 Å². The van der Waals surface area contributed by atoms with Crippen LogP contribution in [0.1, 0.15) is 34.9 Å². The lowest BCUT2D eigenvalue weighted by atomic mass is 10.1. The van der Waals surface area contributed by atoms with Gasteiger partial charge in [0.15, 0.2) is 0 Å². The van der Waals surface area contributed by atoms with Gasteiger partial charge >= 0.3 is 5.97 Å². The fraction of sp³-hybridized carbons (Fsp3) is 0.333. The Morgan fingerprint density at radius 2 is 2.04 bits per heavy atom. The highest BCUT2D eigenvalue weighted by Gasteiger charge is 2.20. The van der Waals surface area contributed by atoms with Crippen LogP contribution in [0.25, 0.3) is 16.4 Å². The average molecular weight is 365 g/mol. The molecule has 0 saturated carbocycles. The molecule has 2 heterocycles. The van der Waals surface area contributed by atoms with E-state index >= 15 is 0 Å². The SMILES string of the molecule is CN(C)CCOC(=O)c1c2ccccc2n2cc(C(O)CCC#N)ccc12. The summed E-state index contributed by atoms with van der Waals surface area (Å²) in [6, 6.07) is 13.3. The van der Waals surface area contributed by atoms with Crippen molar-refractivity contribution in [2.24, 2.45) is 0 Å². The molecule has 140 valence electrons. The molecule has 2 aromatic heterocycles. The van der Waals surface area contributed by atoms with Crippen LogP contribution in [0.5, 0.6) is 0 Å². The van der Waals surface area contributed by atoms with Crippen molar-refractivity contribution < 1.29 is 14.6 Å². The second-order valence-electron chi connectivity index (χ2n) is 6.76. The van der Waals surface area contributed by atoms with E-state index in [1.54, 1.807) is 6.07 Å². The fourth-order valence-corrected chi connectivity index (χ4v) is 3.13. The van der Waals surface area contributed by atoms with E-state index in [1.165, 1.54) is 0 Å². The monoisotopic (exact) mass is 365 g/mol. The molecule has 27 heavy (non-hydrogen) atoms. The number of fused-ring (bicyclic) bond motifs is 3. The zero-order valence-corrected chi connectivity index (χ0v) is 15.6. The van der Waals surface area contributed by atoms with Gasteiger partial charge < -0.3 is 19.1 Å². The van der Waals surface area contributed by atoms with Crippen LogP contribution in [0, 0.1) is 11.3 Å². The molecule has 6 nitrogen and oxygen atoms in total. The van der Waals surface area contributed by atoms with E-state index in [1.807, 2.05) is 59.9 Å². The second-order valence-corrected chi connectivity index (χ2v) is 6.76. The topological polar surface area (TPSA) is 78.0 Å². The number of hydrogen-bond acceptors (Lipinski definition) is 5. The van der Waals surface area contributed by atoms with Crippen LogP contribution < -0.4 is 0 Å². The van der Waals surface area contributed by atoms with Gasteiger partial charge in [-0.25, -0.2) is 4.79 Å². The highest BCUT2D eigenvalue weighted by atomic mass is 16.5. The lowest BCUT2D eigenvalue weighted by Gasteiger charge is -2.11. The number of carbonyl (C=O) groups excluding carboxylic acids is 1. The Morgan fingerprint density at radius 3 is 2.78 bits per heavy atom. The molecule has 1 unspecified atom stereocenters. The normalized spacial score (nSPS) is 12.4. The number of nitriles is 1. The van der Waals surface area contributed by atoms with E-state index in [4.69, 9.17) is 10.00 Å². The van der Waals surface area contributed by atoms with Crippen molar-refractivity contribution in [3.8, 4) is 6.07 Å².